The van der Waals surface area contributed by atoms with Gasteiger partial charge in [-0.25, -0.2) is 15.8 Å². The number of nitrogens with zero attached hydrogens (tertiary/aromatic N) is 3. The number of thioether (sulfide) groups is 1. The van der Waals surface area contributed by atoms with Gasteiger partial charge in [-0.15, -0.1) is 0 Å². The van der Waals surface area contributed by atoms with Gasteiger partial charge < -0.3 is 10.3 Å². The van der Waals surface area contributed by atoms with Gasteiger partial charge in [0.15, 0.2) is 0 Å². The third kappa shape index (κ3) is 3.51. The molecule has 19 heavy (non-hydrogen) atoms. The van der Waals surface area contributed by atoms with Crippen LogP contribution in [0.4, 0.5) is 11.6 Å². The summed E-state index contributed by atoms with van der Waals surface area (Å²) in [5, 5.41) is 0. The monoisotopic (exact) mass is 281 g/mol. The highest BCUT2D eigenvalue weighted by molar-refractivity contribution is 8.00. The fraction of sp³-hybridized carbons (Fsp3) is 0.692. The molecule has 1 fully saturated rings. The Balaban J connectivity index is 2.30. The summed E-state index contributed by atoms with van der Waals surface area (Å²) in [7, 11) is 0. The largest absolute Gasteiger partial charge is 0.354 e. The summed E-state index contributed by atoms with van der Waals surface area (Å²) in [6, 6.07) is 1.93. The minimum atomic E-state index is 0.261. The van der Waals surface area contributed by atoms with Gasteiger partial charge in [0.2, 0.25) is 0 Å². The Labute approximate surface area is 119 Å². The third-order valence-corrected chi connectivity index (χ3v) is 4.44. The summed E-state index contributed by atoms with van der Waals surface area (Å²) < 4.78 is 0.261. The number of aromatic nitrogens is 2. The molecule has 0 spiro atoms. The molecule has 1 aliphatic rings. The fourth-order valence-corrected chi connectivity index (χ4v) is 3.27. The number of rotatable bonds is 3. The molecule has 0 saturated carbocycles. The van der Waals surface area contributed by atoms with Gasteiger partial charge in [-0.1, -0.05) is 13.8 Å². The van der Waals surface area contributed by atoms with Gasteiger partial charge in [0.25, 0.3) is 0 Å². The quantitative estimate of drug-likeness (QED) is 0.654. The van der Waals surface area contributed by atoms with Gasteiger partial charge >= 0.3 is 0 Å². The van der Waals surface area contributed by atoms with Crippen molar-refractivity contribution in [2.45, 2.75) is 38.4 Å². The minimum Gasteiger partial charge on any atom is -0.354 e. The van der Waals surface area contributed by atoms with Crippen molar-refractivity contribution in [3.63, 3.8) is 0 Å². The number of hydrazine groups is 1. The van der Waals surface area contributed by atoms with Crippen LogP contribution in [0.15, 0.2) is 6.07 Å². The summed E-state index contributed by atoms with van der Waals surface area (Å²) in [4.78, 5) is 11.4. The number of nitrogens with one attached hydrogen (secondary N) is 1. The van der Waals surface area contributed by atoms with Crippen LogP contribution >= 0.6 is 11.8 Å². The van der Waals surface area contributed by atoms with Crippen LogP contribution in [0.3, 0.4) is 0 Å². The van der Waals surface area contributed by atoms with Gasteiger partial charge in [-0.05, 0) is 13.8 Å². The van der Waals surface area contributed by atoms with Crippen molar-refractivity contribution >= 4 is 23.4 Å². The molecule has 1 saturated heterocycles. The molecule has 1 aliphatic heterocycles. The Kier molecular flexibility index (Phi) is 4.20. The first kappa shape index (κ1) is 14.4. The summed E-state index contributed by atoms with van der Waals surface area (Å²) in [6.45, 7) is 10.8. The molecule has 1 aromatic rings. The van der Waals surface area contributed by atoms with E-state index in [1.54, 1.807) is 0 Å². The van der Waals surface area contributed by atoms with Crippen LogP contribution in [-0.2, 0) is 0 Å². The van der Waals surface area contributed by atoms with E-state index in [0.29, 0.717) is 11.7 Å². The zero-order chi connectivity index (χ0) is 14.0. The zero-order valence-electron chi connectivity index (χ0n) is 12.1. The van der Waals surface area contributed by atoms with Crippen LogP contribution in [-0.4, -0.2) is 33.6 Å². The second kappa shape index (κ2) is 5.54. The maximum absolute atomic E-state index is 5.51. The molecule has 0 aliphatic carbocycles. The zero-order valence-corrected chi connectivity index (χ0v) is 12.9. The average molecular weight is 281 g/mol. The molecule has 2 rings (SSSR count). The minimum absolute atomic E-state index is 0.261. The van der Waals surface area contributed by atoms with E-state index in [1.165, 1.54) is 0 Å². The van der Waals surface area contributed by atoms with Crippen LogP contribution in [0.25, 0.3) is 0 Å². The summed E-state index contributed by atoms with van der Waals surface area (Å²) in [6.07, 6.45) is 0. The van der Waals surface area contributed by atoms with Crippen LogP contribution in [0, 0.1) is 0 Å². The lowest BCUT2D eigenvalue weighted by molar-refractivity contribution is 0.637. The number of anilines is 2. The Morgan fingerprint density at radius 2 is 2.16 bits per heavy atom. The van der Waals surface area contributed by atoms with Crippen molar-refractivity contribution in [2.75, 3.05) is 29.2 Å². The van der Waals surface area contributed by atoms with Crippen molar-refractivity contribution in [1.29, 1.82) is 0 Å². The normalized spacial score (nSPS) is 18.7. The average Bonchev–Trinajstić information content (AvgIpc) is 2.37. The van der Waals surface area contributed by atoms with Crippen LogP contribution < -0.4 is 16.2 Å². The van der Waals surface area contributed by atoms with Gasteiger partial charge in [-0.2, -0.15) is 11.8 Å². The van der Waals surface area contributed by atoms with E-state index in [-0.39, 0.29) is 4.75 Å². The maximum Gasteiger partial charge on any atom is 0.145 e. The van der Waals surface area contributed by atoms with Crippen LogP contribution in [0.5, 0.6) is 0 Å². The molecule has 1 aromatic heterocycles. The van der Waals surface area contributed by atoms with E-state index in [0.717, 1.165) is 30.5 Å². The Bertz CT molecular complexity index is 447. The molecular weight excluding hydrogens is 258 g/mol. The van der Waals surface area contributed by atoms with E-state index < -0.39 is 0 Å². The van der Waals surface area contributed by atoms with Crippen molar-refractivity contribution < 1.29 is 0 Å². The number of hydrogen-bond acceptors (Lipinski definition) is 6. The molecule has 6 heteroatoms. The van der Waals surface area contributed by atoms with Crippen LogP contribution in [0.1, 0.15) is 39.4 Å². The van der Waals surface area contributed by atoms with E-state index in [4.69, 9.17) is 5.84 Å². The van der Waals surface area contributed by atoms with Gasteiger partial charge in [-0.3, -0.25) is 0 Å². The first-order chi connectivity index (χ1) is 8.91. The van der Waals surface area contributed by atoms with E-state index >= 15 is 0 Å². The van der Waals surface area contributed by atoms with E-state index in [1.807, 2.05) is 17.8 Å². The molecule has 0 atom stereocenters. The summed E-state index contributed by atoms with van der Waals surface area (Å²) in [5.41, 5.74) is 2.64. The lowest BCUT2D eigenvalue weighted by atomic mass is 10.2. The highest BCUT2D eigenvalue weighted by Gasteiger charge is 2.28. The topological polar surface area (TPSA) is 67.1 Å². The number of nitrogen functional groups attached to an aromatic ring is 1. The van der Waals surface area contributed by atoms with E-state index in [2.05, 4.69) is 48.0 Å². The first-order valence-electron chi connectivity index (χ1n) is 6.66. The summed E-state index contributed by atoms with van der Waals surface area (Å²) in [5.74, 6) is 9.41. The summed E-state index contributed by atoms with van der Waals surface area (Å²) >= 11 is 2.01. The molecule has 0 bridgehead atoms. The molecule has 0 unspecified atom stereocenters. The van der Waals surface area contributed by atoms with Gasteiger partial charge in [0, 0.05) is 35.6 Å². The van der Waals surface area contributed by atoms with Crippen molar-refractivity contribution in [3.8, 4) is 0 Å². The maximum atomic E-state index is 5.51. The second-order valence-electron chi connectivity index (χ2n) is 5.80. The number of nitrogens with two attached hydrogens (primary N) is 1. The Hall–Kier alpha value is -1.01. The van der Waals surface area contributed by atoms with Gasteiger partial charge in [0.05, 0.1) is 0 Å². The molecule has 106 valence electrons. The predicted octanol–water partition coefficient (Wildman–Crippen LogP) is 2.22. The molecule has 0 amide bonds. The highest BCUT2D eigenvalue weighted by Crippen LogP contribution is 2.32. The van der Waals surface area contributed by atoms with Crippen molar-refractivity contribution in [2.24, 2.45) is 5.84 Å². The molecular formula is C13H23N5S. The SMILES string of the molecule is CC(C)c1nc(NN)cc(N2CCSC(C)(C)C2)n1. The van der Waals surface area contributed by atoms with E-state index in [9.17, 15) is 0 Å². The second-order valence-corrected chi connectivity index (χ2v) is 7.60. The molecule has 2 heterocycles. The number of hydrogen-bond donors (Lipinski definition) is 2. The molecule has 0 aromatic carbocycles. The molecule has 3 N–H and O–H groups in total. The smallest absolute Gasteiger partial charge is 0.145 e. The van der Waals surface area contributed by atoms with Crippen LogP contribution in [0.2, 0.25) is 0 Å². The highest BCUT2D eigenvalue weighted by atomic mass is 32.2. The lowest BCUT2D eigenvalue weighted by Crippen LogP contribution is -2.43. The first-order valence-corrected chi connectivity index (χ1v) is 7.64. The standard InChI is InChI=1S/C13H23N5S/c1-9(2)12-15-10(17-14)7-11(16-12)18-5-6-19-13(3,4)8-18/h7,9H,5-6,8,14H2,1-4H3,(H,15,16,17). The third-order valence-electron chi connectivity index (χ3n) is 3.14. The predicted molar refractivity (Wildman–Crippen MR) is 82.7 cm³/mol. The Morgan fingerprint density at radius 1 is 1.42 bits per heavy atom. The van der Waals surface area contributed by atoms with Crippen molar-refractivity contribution in [3.05, 3.63) is 11.9 Å². The Morgan fingerprint density at radius 3 is 2.74 bits per heavy atom. The fourth-order valence-electron chi connectivity index (χ4n) is 2.16. The van der Waals surface area contributed by atoms with Crippen molar-refractivity contribution in [1.82, 2.24) is 9.97 Å². The molecule has 5 nitrogen and oxygen atoms in total. The van der Waals surface area contributed by atoms with Gasteiger partial charge in [0.1, 0.15) is 17.5 Å². The molecule has 0 radical (unpaired) electrons. The lowest BCUT2D eigenvalue weighted by Gasteiger charge is -2.38.